The van der Waals surface area contributed by atoms with Gasteiger partial charge in [0.2, 0.25) is 11.8 Å². The van der Waals surface area contributed by atoms with Crippen molar-refractivity contribution < 1.29 is 9.21 Å². The number of nitrogens with one attached hydrogen (secondary N) is 1. The number of amides is 1. The first-order chi connectivity index (χ1) is 9.16. The van der Waals surface area contributed by atoms with Gasteiger partial charge in [0, 0.05) is 26.1 Å². The molecule has 106 valence electrons. The standard InChI is InChI=1S/C12H19ClN4O2/c1-9(13)11-15-16-12(19-11)14-6-5-10(18)17-7-3-2-4-8-17/h9H,2-8H2,1H3,(H,14,16). The fourth-order valence-electron chi connectivity index (χ4n) is 2.04. The number of rotatable bonds is 5. The molecule has 1 aliphatic rings. The number of alkyl halides is 1. The molecular weight excluding hydrogens is 268 g/mol. The van der Waals surface area contributed by atoms with Gasteiger partial charge >= 0.3 is 6.01 Å². The van der Waals surface area contributed by atoms with Crippen molar-refractivity contribution in [2.45, 2.75) is 38.0 Å². The number of piperidine rings is 1. The Kier molecular flexibility index (Phi) is 5.01. The molecule has 6 nitrogen and oxygen atoms in total. The highest BCUT2D eigenvalue weighted by Gasteiger charge is 2.16. The average molecular weight is 287 g/mol. The molecule has 0 bridgehead atoms. The van der Waals surface area contributed by atoms with E-state index in [1.54, 1.807) is 6.92 Å². The molecule has 1 aliphatic heterocycles. The number of anilines is 1. The van der Waals surface area contributed by atoms with Crippen LogP contribution in [-0.2, 0) is 4.79 Å². The first kappa shape index (κ1) is 14.1. The number of carbonyl (C=O) groups is 1. The Morgan fingerprint density at radius 3 is 2.79 bits per heavy atom. The summed E-state index contributed by atoms with van der Waals surface area (Å²) in [5.74, 6) is 0.559. The fraction of sp³-hybridized carbons (Fsp3) is 0.750. The lowest BCUT2D eigenvalue weighted by molar-refractivity contribution is -0.131. The van der Waals surface area contributed by atoms with Gasteiger partial charge in [-0.15, -0.1) is 16.7 Å². The summed E-state index contributed by atoms with van der Waals surface area (Å²) in [6.07, 6.45) is 3.89. The van der Waals surface area contributed by atoms with Crippen molar-refractivity contribution in [3.8, 4) is 0 Å². The number of aromatic nitrogens is 2. The summed E-state index contributed by atoms with van der Waals surface area (Å²) >= 11 is 5.82. The zero-order valence-corrected chi connectivity index (χ0v) is 11.8. The predicted octanol–water partition coefficient (Wildman–Crippen LogP) is 2.18. The van der Waals surface area contributed by atoms with Crippen LogP contribution in [0.15, 0.2) is 4.42 Å². The summed E-state index contributed by atoms with van der Waals surface area (Å²) in [7, 11) is 0. The second-order valence-corrected chi connectivity index (χ2v) is 5.33. The third-order valence-corrected chi connectivity index (χ3v) is 3.29. The minimum Gasteiger partial charge on any atom is -0.407 e. The summed E-state index contributed by atoms with van der Waals surface area (Å²) < 4.78 is 5.28. The lowest BCUT2D eigenvalue weighted by Crippen LogP contribution is -2.36. The Bertz CT molecular complexity index is 416. The number of likely N-dealkylation sites (tertiary alicyclic amines) is 1. The van der Waals surface area contributed by atoms with Crippen LogP contribution in [0.5, 0.6) is 0 Å². The van der Waals surface area contributed by atoms with Crippen molar-refractivity contribution >= 4 is 23.5 Å². The Labute approximate surface area is 117 Å². The Morgan fingerprint density at radius 2 is 2.16 bits per heavy atom. The molecule has 2 rings (SSSR count). The lowest BCUT2D eigenvalue weighted by Gasteiger charge is -2.26. The van der Waals surface area contributed by atoms with Crippen LogP contribution in [-0.4, -0.2) is 40.6 Å². The molecule has 1 unspecified atom stereocenters. The maximum atomic E-state index is 11.9. The van der Waals surface area contributed by atoms with E-state index in [-0.39, 0.29) is 11.3 Å². The van der Waals surface area contributed by atoms with E-state index in [2.05, 4.69) is 15.5 Å². The number of hydrogen-bond acceptors (Lipinski definition) is 5. The van der Waals surface area contributed by atoms with Crippen LogP contribution in [0, 0.1) is 0 Å². The second-order valence-electron chi connectivity index (χ2n) is 4.68. The van der Waals surface area contributed by atoms with E-state index in [1.165, 1.54) is 6.42 Å². The maximum absolute atomic E-state index is 11.9. The topological polar surface area (TPSA) is 71.3 Å². The molecule has 1 fully saturated rings. The van der Waals surface area contributed by atoms with Crippen molar-refractivity contribution in [1.29, 1.82) is 0 Å². The highest BCUT2D eigenvalue weighted by molar-refractivity contribution is 6.20. The van der Waals surface area contributed by atoms with Gasteiger partial charge in [0.1, 0.15) is 5.38 Å². The minimum absolute atomic E-state index is 0.178. The maximum Gasteiger partial charge on any atom is 0.315 e. The quantitative estimate of drug-likeness (QED) is 0.840. The van der Waals surface area contributed by atoms with Crippen LogP contribution in [0.4, 0.5) is 6.01 Å². The van der Waals surface area contributed by atoms with Crippen molar-refractivity contribution in [2.75, 3.05) is 25.0 Å². The van der Waals surface area contributed by atoms with Crippen LogP contribution in [0.1, 0.15) is 43.9 Å². The minimum atomic E-state index is -0.307. The SMILES string of the molecule is CC(Cl)c1nnc(NCCC(=O)N2CCCCC2)o1. The Balaban J connectivity index is 1.71. The van der Waals surface area contributed by atoms with E-state index < -0.39 is 0 Å². The van der Waals surface area contributed by atoms with Crippen molar-refractivity contribution in [3.05, 3.63) is 5.89 Å². The Morgan fingerprint density at radius 1 is 1.42 bits per heavy atom. The molecule has 1 atom stereocenters. The molecule has 0 radical (unpaired) electrons. The predicted molar refractivity (Wildman–Crippen MR) is 72.1 cm³/mol. The van der Waals surface area contributed by atoms with E-state index in [9.17, 15) is 4.79 Å². The third kappa shape index (κ3) is 4.09. The lowest BCUT2D eigenvalue weighted by atomic mass is 10.1. The van der Waals surface area contributed by atoms with Crippen LogP contribution >= 0.6 is 11.6 Å². The first-order valence-corrected chi connectivity index (χ1v) is 7.09. The van der Waals surface area contributed by atoms with Crippen LogP contribution in [0.25, 0.3) is 0 Å². The summed E-state index contributed by atoms with van der Waals surface area (Å²) in [6.45, 7) is 4.02. The summed E-state index contributed by atoms with van der Waals surface area (Å²) in [6, 6.07) is 0.314. The summed E-state index contributed by atoms with van der Waals surface area (Å²) in [4.78, 5) is 13.8. The van der Waals surface area contributed by atoms with Crippen LogP contribution in [0.3, 0.4) is 0 Å². The van der Waals surface area contributed by atoms with Gasteiger partial charge in [-0.25, -0.2) is 0 Å². The van der Waals surface area contributed by atoms with Gasteiger partial charge in [0.05, 0.1) is 0 Å². The average Bonchev–Trinajstić information content (AvgIpc) is 2.89. The molecule has 2 heterocycles. The molecule has 1 aromatic rings. The zero-order chi connectivity index (χ0) is 13.7. The van der Waals surface area contributed by atoms with E-state index in [4.69, 9.17) is 16.0 Å². The van der Waals surface area contributed by atoms with Crippen molar-refractivity contribution in [1.82, 2.24) is 15.1 Å². The molecule has 7 heteroatoms. The van der Waals surface area contributed by atoms with Gasteiger partial charge in [-0.05, 0) is 26.2 Å². The molecule has 0 aliphatic carbocycles. The smallest absolute Gasteiger partial charge is 0.315 e. The van der Waals surface area contributed by atoms with E-state index >= 15 is 0 Å². The van der Waals surface area contributed by atoms with Gasteiger partial charge < -0.3 is 14.6 Å². The van der Waals surface area contributed by atoms with E-state index in [0.29, 0.717) is 24.9 Å². The van der Waals surface area contributed by atoms with Gasteiger partial charge in [-0.3, -0.25) is 4.79 Å². The third-order valence-electron chi connectivity index (χ3n) is 3.10. The zero-order valence-electron chi connectivity index (χ0n) is 11.1. The van der Waals surface area contributed by atoms with Crippen molar-refractivity contribution in [2.24, 2.45) is 0 Å². The largest absolute Gasteiger partial charge is 0.407 e. The van der Waals surface area contributed by atoms with Crippen LogP contribution < -0.4 is 5.32 Å². The van der Waals surface area contributed by atoms with Crippen LogP contribution in [0.2, 0.25) is 0 Å². The van der Waals surface area contributed by atoms with Gasteiger partial charge in [-0.1, -0.05) is 5.10 Å². The number of nitrogens with zero attached hydrogens (tertiary/aromatic N) is 3. The molecule has 1 aromatic heterocycles. The molecule has 0 aromatic carbocycles. The monoisotopic (exact) mass is 286 g/mol. The molecule has 1 N–H and O–H groups in total. The van der Waals surface area contributed by atoms with Gasteiger partial charge in [0.15, 0.2) is 0 Å². The number of halogens is 1. The molecule has 0 spiro atoms. The molecule has 1 saturated heterocycles. The first-order valence-electron chi connectivity index (χ1n) is 6.66. The summed E-state index contributed by atoms with van der Waals surface area (Å²) in [5, 5.41) is 10.2. The molecular formula is C12H19ClN4O2. The van der Waals surface area contributed by atoms with Crippen molar-refractivity contribution in [3.63, 3.8) is 0 Å². The number of hydrogen-bond donors (Lipinski definition) is 1. The number of carbonyl (C=O) groups excluding carboxylic acids is 1. The van der Waals surface area contributed by atoms with E-state index in [1.807, 2.05) is 4.90 Å². The fourth-order valence-corrected chi connectivity index (χ4v) is 2.13. The van der Waals surface area contributed by atoms with Gasteiger partial charge in [0.25, 0.3) is 0 Å². The summed E-state index contributed by atoms with van der Waals surface area (Å²) in [5.41, 5.74) is 0. The normalized spacial score (nSPS) is 17.3. The molecule has 0 saturated carbocycles. The molecule has 19 heavy (non-hydrogen) atoms. The highest BCUT2D eigenvalue weighted by atomic mass is 35.5. The molecule has 1 amide bonds. The van der Waals surface area contributed by atoms with E-state index in [0.717, 1.165) is 25.9 Å². The Hall–Kier alpha value is -1.30. The highest BCUT2D eigenvalue weighted by Crippen LogP contribution is 2.19. The second kappa shape index (κ2) is 6.75. The van der Waals surface area contributed by atoms with Gasteiger partial charge in [-0.2, -0.15) is 0 Å².